The van der Waals surface area contributed by atoms with E-state index in [2.05, 4.69) is 25.5 Å². The van der Waals surface area contributed by atoms with E-state index in [1.807, 2.05) is 32.0 Å². The molecule has 2 aromatic rings. The van der Waals surface area contributed by atoms with Crippen molar-refractivity contribution in [1.82, 2.24) is 20.6 Å². The third kappa shape index (κ3) is 4.95. The highest BCUT2D eigenvalue weighted by Crippen LogP contribution is 2.32. The highest BCUT2D eigenvalue weighted by molar-refractivity contribution is 6.31. The Morgan fingerprint density at radius 1 is 1.15 bits per heavy atom. The monoisotopic (exact) mass is 476 g/mol. The van der Waals surface area contributed by atoms with Gasteiger partial charge in [-0.3, -0.25) is 14.5 Å². The number of benzene rings is 1. The minimum atomic E-state index is -0.496. The molecule has 9 N–H and O–H groups in total. The Morgan fingerprint density at radius 3 is 2.58 bits per heavy atom. The maximum absolute atomic E-state index is 12.9. The molecule has 1 aliphatic rings. The number of carbonyl (C=O) groups excluding carboxylic acids is 2. The molecule has 0 saturated heterocycles. The van der Waals surface area contributed by atoms with E-state index in [9.17, 15) is 9.59 Å². The second kappa shape index (κ2) is 10.6. The van der Waals surface area contributed by atoms with Crippen LogP contribution in [0.25, 0.3) is 0 Å². The third-order valence-electron chi connectivity index (χ3n) is 5.66. The second-order valence-corrected chi connectivity index (χ2v) is 7.98. The van der Waals surface area contributed by atoms with Crippen molar-refractivity contribution in [3.05, 3.63) is 34.6 Å². The van der Waals surface area contributed by atoms with Crippen molar-refractivity contribution in [1.29, 1.82) is 0 Å². The molecule has 11 nitrogen and oxygen atoms in total. The van der Waals surface area contributed by atoms with E-state index < -0.39 is 5.91 Å². The molecule has 12 heteroatoms. The number of likely N-dealkylation sites (N-methyl/N-ethyl adjacent to an activating group) is 2. The van der Waals surface area contributed by atoms with Gasteiger partial charge in [-0.2, -0.15) is 0 Å². The number of nitrogens with one attached hydrogen (secondary N) is 3. The number of quaternary nitrogens is 1. The first-order valence-electron chi connectivity index (χ1n) is 10.9. The van der Waals surface area contributed by atoms with E-state index in [1.54, 1.807) is 0 Å². The van der Waals surface area contributed by atoms with Gasteiger partial charge in [-0.05, 0) is 38.9 Å². The first kappa shape index (κ1) is 24.5. The van der Waals surface area contributed by atoms with Crippen molar-refractivity contribution in [2.75, 3.05) is 49.1 Å². The molecule has 0 aliphatic carbocycles. The summed E-state index contributed by atoms with van der Waals surface area (Å²) in [7, 11) is 0. The van der Waals surface area contributed by atoms with Gasteiger partial charge in [-0.15, -0.1) is 0 Å². The molecule has 0 bridgehead atoms. The van der Waals surface area contributed by atoms with E-state index in [0.29, 0.717) is 44.7 Å². The maximum Gasteiger partial charge on any atom is 0.274 e. The zero-order chi connectivity index (χ0) is 24.1. The van der Waals surface area contributed by atoms with Gasteiger partial charge in [-0.25, -0.2) is 9.97 Å². The van der Waals surface area contributed by atoms with Crippen LogP contribution in [-0.2, 0) is 0 Å². The minimum absolute atomic E-state index is 0.0343. The predicted molar refractivity (Wildman–Crippen MR) is 129 cm³/mol. The summed E-state index contributed by atoms with van der Waals surface area (Å²) in [6.45, 7) is 6.82. The van der Waals surface area contributed by atoms with Gasteiger partial charge >= 0.3 is 0 Å². The van der Waals surface area contributed by atoms with Gasteiger partial charge in [0.25, 0.3) is 11.8 Å². The number of nitrogens with two attached hydrogens (primary N) is 3. The molecule has 1 aromatic carbocycles. The van der Waals surface area contributed by atoms with Gasteiger partial charge in [0.15, 0.2) is 34.3 Å². The first-order valence-corrected chi connectivity index (χ1v) is 11.3. The molecule has 2 unspecified atom stereocenters. The number of halogens is 1. The van der Waals surface area contributed by atoms with Crippen LogP contribution in [0.3, 0.4) is 0 Å². The lowest BCUT2D eigenvalue weighted by molar-refractivity contribution is -0.850. The van der Waals surface area contributed by atoms with Crippen molar-refractivity contribution in [3.8, 4) is 0 Å². The number of anilines is 3. The van der Waals surface area contributed by atoms with Crippen LogP contribution in [0.1, 0.15) is 41.1 Å². The largest absolute Gasteiger partial charge is 0.382 e. The number of nitrogens with zero attached hydrogens (tertiary/aromatic N) is 3. The minimum Gasteiger partial charge on any atom is -0.382 e. The molecular weight excluding hydrogens is 446 g/mol. The number of nitrogen functional groups attached to an aromatic ring is 2. The van der Waals surface area contributed by atoms with Crippen LogP contribution in [0.15, 0.2) is 18.2 Å². The predicted octanol–water partition coefficient (Wildman–Crippen LogP) is -0.495. The van der Waals surface area contributed by atoms with Gasteiger partial charge < -0.3 is 32.7 Å². The van der Waals surface area contributed by atoms with Gasteiger partial charge in [0.2, 0.25) is 0 Å². The van der Waals surface area contributed by atoms with Gasteiger partial charge in [0, 0.05) is 13.1 Å². The number of para-hydroxylation sites is 1. The number of carbonyl (C=O) groups is 2. The van der Waals surface area contributed by atoms with E-state index in [4.69, 9.17) is 28.8 Å². The van der Waals surface area contributed by atoms with Crippen LogP contribution in [0.4, 0.5) is 23.0 Å². The Balaban J connectivity index is 1.84. The number of rotatable bonds is 9. The summed E-state index contributed by atoms with van der Waals surface area (Å²) < 4.78 is 0. The lowest BCUT2D eigenvalue weighted by atomic mass is 10.1. The van der Waals surface area contributed by atoms with E-state index in [-0.39, 0.29) is 34.6 Å². The Hall–Kier alpha value is -3.15. The molecule has 1 aromatic heterocycles. The summed E-state index contributed by atoms with van der Waals surface area (Å²) in [5.41, 5.74) is 19.4. The summed E-state index contributed by atoms with van der Waals surface area (Å²) in [5, 5.41) is 5.74. The van der Waals surface area contributed by atoms with Crippen molar-refractivity contribution in [2.45, 2.75) is 26.4 Å². The molecular formula is C21H31ClN9O2+. The smallest absolute Gasteiger partial charge is 0.274 e. The molecule has 33 heavy (non-hydrogen) atoms. The summed E-state index contributed by atoms with van der Waals surface area (Å²) in [5.74, 6) is -0.753. The van der Waals surface area contributed by atoms with Gasteiger partial charge in [0.05, 0.1) is 13.1 Å². The van der Waals surface area contributed by atoms with Crippen LogP contribution in [0, 0.1) is 0 Å². The lowest BCUT2D eigenvalue weighted by Crippen LogP contribution is -3.12. The molecule has 0 saturated carbocycles. The fourth-order valence-corrected chi connectivity index (χ4v) is 4.27. The standard InChI is InChI=1S/C21H30ClN9O2/c1-3-30-13-8-5-7-12(20(32)26-10-6-9-23)16(13)31(4-2)14(30)11-27-21(33)15-18(24)29-19(25)17(22)28-15/h5,7-8,14H,3-4,6,9-11,23H2,1-2H3,(H,26,32)(H,27,33)(H4,24,25,29)/p+1. The summed E-state index contributed by atoms with van der Waals surface area (Å²) in [6, 6.07) is 5.70. The first-order chi connectivity index (χ1) is 15.8. The molecule has 0 spiro atoms. The number of hydrogen-bond donors (Lipinski definition) is 6. The fourth-order valence-electron chi connectivity index (χ4n) is 4.15. The number of hydrogen-bond acceptors (Lipinski definition) is 8. The average molecular weight is 477 g/mol. The average Bonchev–Trinajstić information content (AvgIpc) is 3.12. The molecule has 0 radical (unpaired) electrons. The fraction of sp³-hybridized carbons (Fsp3) is 0.429. The molecule has 2 amide bonds. The number of fused-ring (bicyclic) bond motifs is 1. The van der Waals surface area contributed by atoms with E-state index in [0.717, 1.165) is 16.3 Å². The summed E-state index contributed by atoms with van der Waals surface area (Å²) >= 11 is 5.91. The molecule has 178 valence electrons. The highest BCUT2D eigenvalue weighted by Gasteiger charge is 2.42. The topological polar surface area (TPSA) is 170 Å². The Morgan fingerprint density at radius 2 is 1.91 bits per heavy atom. The highest BCUT2D eigenvalue weighted by atomic mass is 35.5. The zero-order valence-corrected chi connectivity index (χ0v) is 19.6. The zero-order valence-electron chi connectivity index (χ0n) is 18.8. The molecule has 3 rings (SSSR count). The van der Waals surface area contributed by atoms with E-state index in [1.165, 1.54) is 0 Å². The summed E-state index contributed by atoms with van der Waals surface area (Å²) in [4.78, 5) is 36.7. The molecule has 2 atom stereocenters. The van der Waals surface area contributed by atoms with Crippen LogP contribution >= 0.6 is 11.6 Å². The lowest BCUT2D eigenvalue weighted by Gasteiger charge is -2.27. The Bertz CT molecular complexity index is 1030. The number of amides is 2. The van der Waals surface area contributed by atoms with Crippen LogP contribution < -0.4 is 37.6 Å². The third-order valence-corrected chi connectivity index (χ3v) is 5.94. The quantitative estimate of drug-likeness (QED) is 0.263. The Labute approximate surface area is 197 Å². The van der Waals surface area contributed by atoms with Crippen molar-refractivity contribution in [3.63, 3.8) is 0 Å². The van der Waals surface area contributed by atoms with E-state index >= 15 is 0 Å². The Kier molecular flexibility index (Phi) is 7.90. The SMILES string of the molecule is CCN1c2cccc(C(=O)NCCCN)c2[NH+](CC)C1CNC(=O)c1nc(Cl)c(N)nc1N. The van der Waals surface area contributed by atoms with Crippen LogP contribution in [0.5, 0.6) is 0 Å². The van der Waals surface area contributed by atoms with Crippen molar-refractivity contribution >= 4 is 46.4 Å². The van der Waals surface area contributed by atoms with Crippen LogP contribution in [-0.4, -0.2) is 60.7 Å². The second-order valence-electron chi connectivity index (χ2n) is 7.62. The molecule has 1 aliphatic heterocycles. The number of aromatic nitrogens is 2. The maximum atomic E-state index is 12.9. The van der Waals surface area contributed by atoms with Crippen LogP contribution in [0.2, 0.25) is 5.15 Å². The van der Waals surface area contributed by atoms with Gasteiger partial charge in [-0.1, -0.05) is 17.7 Å². The van der Waals surface area contributed by atoms with Crippen molar-refractivity contribution < 1.29 is 14.5 Å². The van der Waals surface area contributed by atoms with Gasteiger partial charge in [0.1, 0.15) is 11.3 Å². The normalized spacial score (nSPS) is 17.0. The molecule has 2 heterocycles. The summed E-state index contributed by atoms with van der Waals surface area (Å²) in [6.07, 6.45) is 0.581. The van der Waals surface area contributed by atoms with Crippen molar-refractivity contribution in [2.24, 2.45) is 5.73 Å². The molecule has 0 fully saturated rings.